The number of rotatable bonds is 2. The summed E-state index contributed by atoms with van der Waals surface area (Å²) < 4.78 is 4.71. The van der Waals surface area contributed by atoms with Gasteiger partial charge in [-0.15, -0.1) is 0 Å². The second kappa shape index (κ2) is 3.31. The molecule has 12 heavy (non-hydrogen) atoms. The summed E-state index contributed by atoms with van der Waals surface area (Å²) in [6.07, 6.45) is 1.26. The molecule has 0 aliphatic heterocycles. The van der Waals surface area contributed by atoms with Gasteiger partial charge in [0.15, 0.2) is 0 Å². The lowest BCUT2D eigenvalue weighted by atomic mass is 10.4. The Morgan fingerprint density at radius 1 is 1.83 bits per heavy atom. The van der Waals surface area contributed by atoms with Crippen molar-refractivity contribution in [2.75, 3.05) is 7.11 Å². The number of hydrogen-bond acceptors (Lipinski definition) is 4. The summed E-state index contributed by atoms with van der Waals surface area (Å²) in [4.78, 5) is 12.4. The van der Waals surface area contributed by atoms with Crippen molar-refractivity contribution in [3.63, 3.8) is 0 Å². The molecule has 0 bridgehead atoms. The van der Waals surface area contributed by atoms with Crippen LogP contribution in [0.5, 0.6) is 0 Å². The van der Waals surface area contributed by atoms with E-state index in [0.29, 0.717) is 5.69 Å². The van der Waals surface area contributed by atoms with Crippen LogP contribution in [0.15, 0.2) is 12.3 Å². The number of nitro groups is 1. The van der Waals surface area contributed by atoms with E-state index in [9.17, 15) is 10.1 Å². The minimum atomic E-state index is -0.502. The van der Waals surface area contributed by atoms with Gasteiger partial charge in [0.25, 0.3) is 5.69 Å². The monoisotopic (exact) mass is 186 g/mol. The summed E-state index contributed by atoms with van der Waals surface area (Å²) >= 11 is 4.75. The Balaban J connectivity index is 2.91. The Morgan fingerprint density at radius 3 is 2.92 bits per heavy atom. The summed E-state index contributed by atoms with van der Waals surface area (Å²) in [6.45, 7) is 0. The smallest absolute Gasteiger partial charge is 0.287 e. The lowest BCUT2D eigenvalue weighted by Gasteiger charge is -1.95. The van der Waals surface area contributed by atoms with E-state index < -0.39 is 4.92 Å². The lowest BCUT2D eigenvalue weighted by Crippen LogP contribution is -1.98. The minimum Gasteiger partial charge on any atom is -0.485 e. The fraction of sp³-hybridized carbons (Fsp3) is 0.167. The molecule has 6 heteroatoms. The summed E-state index contributed by atoms with van der Waals surface area (Å²) in [6, 6.07) is 1.33. The first-order valence-corrected chi connectivity index (χ1v) is 3.47. The third kappa shape index (κ3) is 1.59. The maximum Gasteiger partial charge on any atom is 0.287 e. The third-order valence-corrected chi connectivity index (χ3v) is 1.67. The zero-order chi connectivity index (χ0) is 9.14. The van der Waals surface area contributed by atoms with Gasteiger partial charge in [-0.3, -0.25) is 10.1 Å². The second-order valence-corrected chi connectivity index (χ2v) is 2.39. The zero-order valence-electron chi connectivity index (χ0n) is 6.23. The fourth-order valence-electron chi connectivity index (χ4n) is 0.716. The number of thiocarbonyl (C=S) groups is 1. The van der Waals surface area contributed by atoms with Gasteiger partial charge in [0, 0.05) is 6.07 Å². The van der Waals surface area contributed by atoms with Crippen LogP contribution in [0.2, 0.25) is 0 Å². The van der Waals surface area contributed by atoms with Gasteiger partial charge in [-0.25, -0.2) is 0 Å². The van der Waals surface area contributed by atoms with Crippen LogP contribution in [0.1, 0.15) is 5.69 Å². The van der Waals surface area contributed by atoms with Crippen molar-refractivity contribution in [1.82, 2.24) is 4.98 Å². The van der Waals surface area contributed by atoms with Crippen LogP contribution >= 0.6 is 12.2 Å². The molecule has 1 rings (SSSR count). The summed E-state index contributed by atoms with van der Waals surface area (Å²) in [5.41, 5.74) is 0.420. The predicted octanol–water partition coefficient (Wildman–Crippen LogP) is 1.24. The van der Waals surface area contributed by atoms with Crippen LogP contribution in [0, 0.1) is 10.1 Å². The predicted molar refractivity (Wildman–Crippen MR) is 46.2 cm³/mol. The van der Waals surface area contributed by atoms with Gasteiger partial charge in [-0.05, 0) is 12.2 Å². The van der Waals surface area contributed by atoms with Crippen molar-refractivity contribution in [1.29, 1.82) is 0 Å². The van der Waals surface area contributed by atoms with E-state index in [-0.39, 0.29) is 10.7 Å². The van der Waals surface area contributed by atoms with Crippen LogP contribution in [-0.4, -0.2) is 22.1 Å². The number of hydrogen-bond donors (Lipinski definition) is 1. The molecule has 0 aliphatic carbocycles. The standard InChI is InChI=1S/C6H6N2O3S/c1-11-6(12)5-2-4(3-7-5)8(9)10/h2-3,7H,1H3. The van der Waals surface area contributed by atoms with Crippen LogP contribution in [0.3, 0.4) is 0 Å². The molecule has 0 amide bonds. The SMILES string of the molecule is COC(=S)c1cc([N+](=O)[O-])c[nH]1. The van der Waals surface area contributed by atoms with Crippen molar-refractivity contribution in [2.24, 2.45) is 0 Å². The van der Waals surface area contributed by atoms with E-state index in [0.717, 1.165) is 0 Å². The molecular formula is C6H6N2O3S. The van der Waals surface area contributed by atoms with Crippen LogP contribution in [0.25, 0.3) is 0 Å². The third-order valence-electron chi connectivity index (χ3n) is 1.28. The molecule has 0 unspecified atom stereocenters. The largest absolute Gasteiger partial charge is 0.485 e. The molecule has 0 spiro atoms. The zero-order valence-corrected chi connectivity index (χ0v) is 7.05. The number of aromatic amines is 1. The first kappa shape index (κ1) is 8.66. The molecule has 0 radical (unpaired) electrons. The lowest BCUT2D eigenvalue weighted by molar-refractivity contribution is -0.384. The molecule has 0 fully saturated rings. The molecule has 1 aromatic rings. The molecule has 1 heterocycles. The Kier molecular flexibility index (Phi) is 2.39. The van der Waals surface area contributed by atoms with Crippen molar-refractivity contribution in [3.05, 3.63) is 28.1 Å². The van der Waals surface area contributed by atoms with Crippen LogP contribution < -0.4 is 0 Å². The van der Waals surface area contributed by atoms with Crippen LogP contribution in [0.4, 0.5) is 5.69 Å². The first-order chi connectivity index (χ1) is 5.65. The number of nitrogens with zero attached hydrogens (tertiary/aromatic N) is 1. The number of nitrogens with one attached hydrogen (secondary N) is 1. The number of ether oxygens (including phenoxy) is 1. The molecule has 0 aliphatic rings. The Hall–Kier alpha value is -1.43. The summed E-state index contributed by atoms with van der Waals surface area (Å²) in [5, 5.41) is 10.4. The van der Waals surface area contributed by atoms with E-state index in [2.05, 4.69) is 4.98 Å². The molecule has 0 saturated heterocycles. The number of H-pyrrole nitrogens is 1. The molecule has 5 nitrogen and oxygen atoms in total. The van der Waals surface area contributed by atoms with Gasteiger partial charge in [-0.2, -0.15) is 0 Å². The van der Waals surface area contributed by atoms with E-state index in [1.165, 1.54) is 19.4 Å². The van der Waals surface area contributed by atoms with Crippen molar-refractivity contribution < 1.29 is 9.66 Å². The van der Waals surface area contributed by atoms with E-state index in [1.54, 1.807) is 0 Å². The molecule has 1 N–H and O–H groups in total. The van der Waals surface area contributed by atoms with Crippen molar-refractivity contribution in [2.45, 2.75) is 0 Å². The van der Waals surface area contributed by atoms with Gasteiger partial charge in [0.2, 0.25) is 5.05 Å². The van der Waals surface area contributed by atoms with Crippen molar-refractivity contribution in [3.8, 4) is 0 Å². The average Bonchev–Trinajstić information content (AvgIpc) is 2.51. The normalized spacial score (nSPS) is 9.42. The maximum atomic E-state index is 10.2. The molecule has 0 saturated carbocycles. The van der Waals surface area contributed by atoms with E-state index in [4.69, 9.17) is 17.0 Å². The van der Waals surface area contributed by atoms with Crippen molar-refractivity contribution >= 4 is 23.0 Å². The summed E-state index contributed by atoms with van der Waals surface area (Å²) in [5.74, 6) is 0. The van der Waals surface area contributed by atoms with Gasteiger partial charge in [0.05, 0.1) is 23.9 Å². The Labute approximate surface area is 73.5 Å². The van der Waals surface area contributed by atoms with E-state index >= 15 is 0 Å². The van der Waals surface area contributed by atoms with Gasteiger partial charge < -0.3 is 9.72 Å². The topological polar surface area (TPSA) is 68.2 Å². The highest BCUT2D eigenvalue weighted by molar-refractivity contribution is 7.80. The van der Waals surface area contributed by atoms with Gasteiger partial charge >= 0.3 is 0 Å². The highest BCUT2D eigenvalue weighted by atomic mass is 32.1. The molecule has 0 aromatic carbocycles. The Morgan fingerprint density at radius 2 is 2.50 bits per heavy atom. The molecular weight excluding hydrogens is 180 g/mol. The number of aromatic nitrogens is 1. The van der Waals surface area contributed by atoms with E-state index in [1.807, 2.05) is 0 Å². The maximum absolute atomic E-state index is 10.2. The molecule has 64 valence electrons. The average molecular weight is 186 g/mol. The minimum absolute atomic E-state index is 0.0237. The first-order valence-electron chi connectivity index (χ1n) is 3.06. The van der Waals surface area contributed by atoms with Crippen LogP contribution in [-0.2, 0) is 4.74 Å². The quantitative estimate of drug-likeness (QED) is 0.428. The fourth-order valence-corrected chi connectivity index (χ4v) is 0.834. The highest BCUT2D eigenvalue weighted by Crippen LogP contribution is 2.12. The van der Waals surface area contributed by atoms with Gasteiger partial charge in [0.1, 0.15) is 0 Å². The second-order valence-electron chi connectivity index (χ2n) is 2.02. The molecule has 0 atom stereocenters. The van der Waals surface area contributed by atoms with Gasteiger partial charge in [-0.1, -0.05) is 0 Å². The summed E-state index contributed by atoms with van der Waals surface area (Å²) in [7, 11) is 1.41. The number of methoxy groups -OCH3 is 1. The molecule has 1 aromatic heterocycles. The Bertz CT molecular complexity index is 320. The highest BCUT2D eigenvalue weighted by Gasteiger charge is 2.11.